The number of hydrogen-bond donors (Lipinski definition) is 1. The summed E-state index contributed by atoms with van der Waals surface area (Å²) in [4.78, 5) is 13.9. The lowest BCUT2D eigenvalue weighted by molar-refractivity contribution is 0.0937. The normalized spacial score (nSPS) is 12.8. The quantitative estimate of drug-likeness (QED) is 0.771. The lowest BCUT2D eigenvalue weighted by Crippen LogP contribution is -2.27. The van der Waals surface area contributed by atoms with Crippen LogP contribution >= 0.6 is 11.8 Å². The zero-order chi connectivity index (χ0) is 18.6. The van der Waals surface area contributed by atoms with E-state index < -0.39 is 9.84 Å². The third-order valence-corrected chi connectivity index (χ3v) is 5.86. The van der Waals surface area contributed by atoms with Crippen molar-refractivity contribution in [3.8, 4) is 0 Å². The largest absolute Gasteiger partial charge is 0.345 e. The first kappa shape index (κ1) is 19.5. The fourth-order valence-corrected chi connectivity index (χ4v) is 3.96. The van der Waals surface area contributed by atoms with Gasteiger partial charge in [0.1, 0.15) is 0 Å². The molecule has 6 heteroatoms. The number of sulfone groups is 1. The second-order valence-electron chi connectivity index (χ2n) is 6.20. The van der Waals surface area contributed by atoms with Gasteiger partial charge in [0, 0.05) is 16.4 Å². The number of nitrogens with one attached hydrogen (secondary N) is 1. The van der Waals surface area contributed by atoms with Gasteiger partial charge in [0.2, 0.25) is 0 Å². The minimum absolute atomic E-state index is 0.136. The van der Waals surface area contributed by atoms with Crippen LogP contribution in [0.1, 0.15) is 42.7 Å². The Morgan fingerprint density at radius 2 is 1.60 bits per heavy atom. The highest BCUT2D eigenvalue weighted by molar-refractivity contribution is 8.00. The molecule has 0 radical (unpaired) electrons. The van der Waals surface area contributed by atoms with Gasteiger partial charge in [-0.2, -0.15) is 0 Å². The molecule has 0 bridgehead atoms. The molecule has 1 N–H and O–H groups in total. The van der Waals surface area contributed by atoms with Crippen molar-refractivity contribution in [2.24, 2.45) is 0 Å². The van der Waals surface area contributed by atoms with Gasteiger partial charge in [0.05, 0.1) is 16.5 Å². The number of carbonyl (C=O) groups is 1. The molecule has 0 aliphatic carbocycles. The van der Waals surface area contributed by atoms with E-state index in [4.69, 9.17) is 0 Å². The van der Waals surface area contributed by atoms with Gasteiger partial charge in [-0.15, -0.1) is 11.8 Å². The van der Waals surface area contributed by atoms with Gasteiger partial charge < -0.3 is 5.32 Å². The number of hydrogen-bond acceptors (Lipinski definition) is 4. The average Bonchev–Trinajstić information content (AvgIpc) is 2.54. The van der Waals surface area contributed by atoms with E-state index >= 15 is 0 Å². The summed E-state index contributed by atoms with van der Waals surface area (Å²) in [6.45, 7) is 6.06. The Kier molecular flexibility index (Phi) is 6.30. The van der Waals surface area contributed by atoms with Crippen molar-refractivity contribution in [3.63, 3.8) is 0 Å². The topological polar surface area (TPSA) is 63.2 Å². The molecule has 2 aromatic rings. The summed E-state index contributed by atoms with van der Waals surface area (Å²) in [6, 6.07) is 13.9. The molecule has 4 nitrogen and oxygen atoms in total. The molecular weight excluding hydrogens is 354 g/mol. The van der Waals surface area contributed by atoms with E-state index in [2.05, 4.69) is 19.2 Å². The van der Waals surface area contributed by atoms with Crippen molar-refractivity contribution in [1.29, 1.82) is 0 Å². The standard InChI is InChI=1S/C19H23NO3S2/c1-13(2)24-18-8-6-5-7-17(18)19(21)20-14(3)15-9-11-16(12-10-15)25(4,22)23/h5-14H,1-4H3,(H,20,21)/t14-/m0/s1. The Hall–Kier alpha value is -1.79. The van der Waals surface area contributed by atoms with Crippen LogP contribution in [0.4, 0.5) is 0 Å². The first-order valence-corrected chi connectivity index (χ1v) is 10.8. The maximum atomic E-state index is 12.6. The van der Waals surface area contributed by atoms with Crippen LogP contribution in [0, 0.1) is 0 Å². The maximum Gasteiger partial charge on any atom is 0.252 e. The average molecular weight is 378 g/mol. The molecule has 1 amide bonds. The molecule has 2 rings (SSSR count). The molecule has 0 unspecified atom stereocenters. The van der Waals surface area contributed by atoms with Gasteiger partial charge in [-0.3, -0.25) is 4.79 Å². The minimum Gasteiger partial charge on any atom is -0.345 e. The second-order valence-corrected chi connectivity index (χ2v) is 9.83. The van der Waals surface area contributed by atoms with Crippen molar-refractivity contribution in [2.45, 2.75) is 41.9 Å². The molecule has 134 valence electrons. The first-order valence-electron chi connectivity index (χ1n) is 8.05. The van der Waals surface area contributed by atoms with Crippen molar-refractivity contribution >= 4 is 27.5 Å². The Balaban J connectivity index is 2.15. The SMILES string of the molecule is CC(C)Sc1ccccc1C(=O)N[C@@H](C)c1ccc(S(C)(=O)=O)cc1. The smallest absolute Gasteiger partial charge is 0.252 e. The van der Waals surface area contributed by atoms with E-state index in [1.807, 2.05) is 31.2 Å². The number of amides is 1. The third-order valence-electron chi connectivity index (χ3n) is 3.65. The Morgan fingerprint density at radius 3 is 2.16 bits per heavy atom. The van der Waals surface area contributed by atoms with Crippen LogP contribution in [0.15, 0.2) is 58.3 Å². The summed E-state index contributed by atoms with van der Waals surface area (Å²) >= 11 is 1.65. The van der Waals surface area contributed by atoms with Crippen LogP contribution in [-0.4, -0.2) is 25.8 Å². The predicted octanol–water partition coefficient (Wildman–Crippen LogP) is 4.08. The van der Waals surface area contributed by atoms with E-state index in [9.17, 15) is 13.2 Å². The third kappa shape index (κ3) is 5.34. The van der Waals surface area contributed by atoms with Crippen LogP contribution in [0.25, 0.3) is 0 Å². The second kappa shape index (κ2) is 8.06. The number of carbonyl (C=O) groups excluding carboxylic acids is 1. The van der Waals surface area contributed by atoms with E-state index in [0.717, 1.165) is 10.5 Å². The fraction of sp³-hybridized carbons (Fsp3) is 0.316. The highest BCUT2D eigenvalue weighted by atomic mass is 32.2. The summed E-state index contributed by atoms with van der Waals surface area (Å²) in [5.74, 6) is -0.136. The molecule has 0 saturated heterocycles. The van der Waals surface area contributed by atoms with E-state index in [1.165, 1.54) is 6.26 Å². The Labute approximate surface area is 154 Å². The molecule has 0 aliphatic rings. The van der Waals surface area contributed by atoms with Crippen LogP contribution in [0.5, 0.6) is 0 Å². The van der Waals surface area contributed by atoms with E-state index in [0.29, 0.717) is 10.8 Å². The summed E-state index contributed by atoms with van der Waals surface area (Å²) in [5, 5.41) is 3.37. The monoisotopic (exact) mass is 377 g/mol. The van der Waals surface area contributed by atoms with Gasteiger partial charge in [-0.05, 0) is 36.8 Å². The molecular formula is C19H23NO3S2. The van der Waals surface area contributed by atoms with E-state index in [-0.39, 0.29) is 16.8 Å². The zero-order valence-corrected chi connectivity index (χ0v) is 16.4. The van der Waals surface area contributed by atoms with Crippen LogP contribution in [0.3, 0.4) is 0 Å². The van der Waals surface area contributed by atoms with Gasteiger partial charge in [-0.25, -0.2) is 8.42 Å². The predicted molar refractivity (Wildman–Crippen MR) is 103 cm³/mol. The Morgan fingerprint density at radius 1 is 1.00 bits per heavy atom. The van der Waals surface area contributed by atoms with Crippen LogP contribution in [-0.2, 0) is 9.84 Å². The van der Waals surface area contributed by atoms with Gasteiger partial charge in [0.15, 0.2) is 9.84 Å². The molecule has 0 heterocycles. The summed E-state index contributed by atoms with van der Waals surface area (Å²) in [7, 11) is -3.22. The molecule has 0 saturated carbocycles. The molecule has 0 fully saturated rings. The van der Waals surface area contributed by atoms with Gasteiger partial charge in [-0.1, -0.05) is 38.1 Å². The lowest BCUT2D eigenvalue weighted by Gasteiger charge is -2.17. The van der Waals surface area contributed by atoms with Crippen molar-refractivity contribution in [1.82, 2.24) is 5.32 Å². The molecule has 1 atom stereocenters. The molecule has 0 aromatic heterocycles. The van der Waals surface area contributed by atoms with Crippen molar-refractivity contribution in [3.05, 3.63) is 59.7 Å². The molecule has 0 spiro atoms. The summed E-state index contributed by atoms with van der Waals surface area (Å²) in [5.41, 5.74) is 1.51. The van der Waals surface area contributed by atoms with E-state index in [1.54, 1.807) is 36.0 Å². The molecule has 2 aromatic carbocycles. The van der Waals surface area contributed by atoms with Gasteiger partial charge >= 0.3 is 0 Å². The molecule has 0 aliphatic heterocycles. The number of benzene rings is 2. The van der Waals surface area contributed by atoms with Crippen molar-refractivity contribution < 1.29 is 13.2 Å². The number of thioether (sulfide) groups is 1. The minimum atomic E-state index is -3.22. The lowest BCUT2D eigenvalue weighted by atomic mass is 10.1. The highest BCUT2D eigenvalue weighted by Crippen LogP contribution is 2.27. The Bertz CT molecular complexity index is 843. The van der Waals surface area contributed by atoms with Crippen LogP contribution < -0.4 is 5.32 Å². The molecule has 25 heavy (non-hydrogen) atoms. The zero-order valence-electron chi connectivity index (χ0n) is 14.8. The summed E-state index contributed by atoms with van der Waals surface area (Å²) < 4.78 is 23.1. The van der Waals surface area contributed by atoms with Crippen molar-refractivity contribution in [2.75, 3.05) is 6.26 Å². The fourth-order valence-electron chi connectivity index (χ4n) is 2.37. The van der Waals surface area contributed by atoms with Gasteiger partial charge in [0.25, 0.3) is 5.91 Å². The highest BCUT2D eigenvalue weighted by Gasteiger charge is 2.16. The van der Waals surface area contributed by atoms with Crippen LogP contribution in [0.2, 0.25) is 0 Å². The summed E-state index contributed by atoms with van der Waals surface area (Å²) in [6.07, 6.45) is 1.18. The maximum absolute atomic E-state index is 12.6. The first-order chi connectivity index (χ1) is 11.7. The number of rotatable bonds is 6.